The maximum Gasteiger partial charge on any atom is 0.255 e. The van der Waals surface area contributed by atoms with Crippen LogP contribution in [0.2, 0.25) is 0 Å². The number of Topliss-reactive ketones (excluding diaryl/α,β-unsaturated/α-hetero) is 1. The number of rotatable bonds is 5. The molecule has 0 unspecified atom stereocenters. The molecule has 0 atom stereocenters. The van der Waals surface area contributed by atoms with Gasteiger partial charge in [0, 0.05) is 28.7 Å². The van der Waals surface area contributed by atoms with E-state index >= 15 is 0 Å². The molecule has 1 amide bonds. The van der Waals surface area contributed by atoms with Crippen molar-refractivity contribution in [1.29, 1.82) is 0 Å². The largest absolute Gasteiger partial charge is 0.340 e. The second-order valence-electron chi connectivity index (χ2n) is 6.39. The summed E-state index contributed by atoms with van der Waals surface area (Å²) in [5.74, 6) is 0.283. The van der Waals surface area contributed by atoms with Crippen molar-refractivity contribution < 1.29 is 9.59 Å². The van der Waals surface area contributed by atoms with Gasteiger partial charge in [0.1, 0.15) is 5.82 Å². The van der Waals surface area contributed by atoms with E-state index in [2.05, 4.69) is 15.6 Å². The summed E-state index contributed by atoms with van der Waals surface area (Å²) in [6, 6.07) is 16.2. The molecule has 0 radical (unpaired) electrons. The van der Waals surface area contributed by atoms with E-state index in [0.29, 0.717) is 22.6 Å². The molecule has 2 N–H and O–H groups in total. The van der Waals surface area contributed by atoms with Crippen molar-refractivity contribution in [3.8, 4) is 0 Å². The van der Waals surface area contributed by atoms with Gasteiger partial charge in [-0.15, -0.1) is 0 Å². The lowest BCUT2D eigenvalue weighted by molar-refractivity contribution is 0.101. The van der Waals surface area contributed by atoms with E-state index in [0.717, 1.165) is 11.3 Å². The second kappa shape index (κ2) is 7.83. The normalized spacial score (nSPS) is 10.3. The molecule has 0 fully saturated rings. The van der Waals surface area contributed by atoms with Crippen molar-refractivity contribution in [1.82, 2.24) is 4.98 Å². The lowest BCUT2D eigenvalue weighted by Crippen LogP contribution is -2.13. The van der Waals surface area contributed by atoms with E-state index < -0.39 is 0 Å². The van der Waals surface area contributed by atoms with E-state index in [1.807, 2.05) is 32.0 Å². The smallest absolute Gasteiger partial charge is 0.255 e. The molecule has 3 aromatic rings. The quantitative estimate of drug-likeness (QED) is 0.636. The highest BCUT2D eigenvalue weighted by Crippen LogP contribution is 2.22. The zero-order valence-electron chi connectivity index (χ0n) is 15.5. The van der Waals surface area contributed by atoms with Crippen LogP contribution in [0.5, 0.6) is 0 Å². The highest BCUT2D eigenvalue weighted by atomic mass is 16.1. The van der Waals surface area contributed by atoms with Gasteiger partial charge in [-0.05, 0) is 62.2 Å². The highest BCUT2D eigenvalue weighted by molar-refractivity contribution is 6.05. The molecule has 0 aliphatic carbocycles. The van der Waals surface area contributed by atoms with Gasteiger partial charge in [0.05, 0.1) is 0 Å². The maximum absolute atomic E-state index is 12.6. The molecule has 5 heteroatoms. The van der Waals surface area contributed by atoms with Crippen LogP contribution in [0.25, 0.3) is 0 Å². The number of ketones is 1. The van der Waals surface area contributed by atoms with Gasteiger partial charge in [-0.25, -0.2) is 4.98 Å². The van der Waals surface area contributed by atoms with Crippen molar-refractivity contribution in [3.63, 3.8) is 0 Å². The Balaban J connectivity index is 1.78. The van der Waals surface area contributed by atoms with Crippen LogP contribution >= 0.6 is 0 Å². The predicted octanol–water partition coefficient (Wildman–Crippen LogP) is 4.90. The Kier molecular flexibility index (Phi) is 5.31. The molecule has 0 bridgehead atoms. The number of pyridine rings is 1. The number of nitrogens with zero attached hydrogens (tertiary/aromatic N) is 1. The molecule has 2 aromatic carbocycles. The monoisotopic (exact) mass is 359 g/mol. The summed E-state index contributed by atoms with van der Waals surface area (Å²) in [5, 5.41) is 6.08. The first-order chi connectivity index (χ1) is 12.9. The van der Waals surface area contributed by atoms with Crippen LogP contribution in [-0.4, -0.2) is 16.7 Å². The molecule has 0 saturated carbocycles. The first-order valence-corrected chi connectivity index (χ1v) is 8.65. The number of hydrogen-bond acceptors (Lipinski definition) is 4. The minimum absolute atomic E-state index is 0.0463. The van der Waals surface area contributed by atoms with Gasteiger partial charge >= 0.3 is 0 Å². The van der Waals surface area contributed by atoms with E-state index in [1.54, 1.807) is 42.6 Å². The summed E-state index contributed by atoms with van der Waals surface area (Å²) in [5.41, 5.74) is 4.88. The predicted molar refractivity (Wildman–Crippen MR) is 108 cm³/mol. The minimum atomic E-state index is -0.262. The third-order valence-electron chi connectivity index (χ3n) is 4.42. The molecule has 3 rings (SSSR count). The molecule has 0 aliphatic rings. The zero-order chi connectivity index (χ0) is 19.4. The van der Waals surface area contributed by atoms with Gasteiger partial charge in [-0.3, -0.25) is 9.59 Å². The van der Waals surface area contributed by atoms with E-state index in [4.69, 9.17) is 0 Å². The standard InChI is InChI=1S/C22H21N3O2/c1-14-6-4-9-20(15(14)2)25-21-13-18(10-11-23-21)22(27)24-19-8-5-7-17(12-19)16(3)26/h4-13H,1-3H3,(H,23,25)(H,24,27). The zero-order valence-corrected chi connectivity index (χ0v) is 15.5. The third kappa shape index (κ3) is 4.39. The second-order valence-corrected chi connectivity index (χ2v) is 6.39. The number of hydrogen-bond donors (Lipinski definition) is 2. The van der Waals surface area contributed by atoms with Crippen LogP contribution in [0, 0.1) is 13.8 Å². The van der Waals surface area contributed by atoms with Crippen LogP contribution in [0.15, 0.2) is 60.8 Å². The summed E-state index contributed by atoms with van der Waals surface area (Å²) in [6.07, 6.45) is 1.59. The number of anilines is 3. The molecule has 0 spiro atoms. The Morgan fingerprint density at radius 2 is 1.70 bits per heavy atom. The molecule has 1 heterocycles. The summed E-state index contributed by atoms with van der Waals surface area (Å²) in [7, 11) is 0. The summed E-state index contributed by atoms with van der Waals surface area (Å²) < 4.78 is 0. The topological polar surface area (TPSA) is 71.1 Å². The first-order valence-electron chi connectivity index (χ1n) is 8.65. The summed E-state index contributed by atoms with van der Waals surface area (Å²) in [6.45, 7) is 5.58. The van der Waals surface area contributed by atoms with Crippen molar-refractivity contribution in [2.45, 2.75) is 20.8 Å². The van der Waals surface area contributed by atoms with Crippen LogP contribution in [-0.2, 0) is 0 Å². The third-order valence-corrected chi connectivity index (χ3v) is 4.42. The van der Waals surface area contributed by atoms with Crippen molar-refractivity contribution in [2.75, 3.05) is 10.6 Å². The molecule has 0 saturated heterocycles. The lowest BCUT2D eigenvalue weighted by atomic mass is 10.1. The Bertz CT molecular complexity index is 1010. The van der Waals surface area contributed by atoms with Crippen LogP contribution in [0.1, 0.15) is 38.8 Å². The van der Waals surface area contributed by atoms with Gasteiger partial charge < -0.3 is 10.6 Å². The first kappa shape index (κ1) is 18.3. The summed E-state index contributed by atoms with van der Waals surface area (Å²) in [4.78, 5) is 28.4. The van der Waals surface area contributed by atoms with Gasteiger partial charge in [-0.1, -0.05) is 24.3 Å². The molecular formula is C22H21N3O2. The van der Waals surface area contributed by atoms with Crippen LogP contribution in [0.4, 0.5) is 17.2 Å². The molecule has 0 aliphatic heterocycles. The SMILES string of the molecule is CC(=O)c1cccc(NC(=O)c2ccnc(Nc3cccc(C)c3C)c2)c1. The Morgan fingerprint density at radius 3 is 2.48 bits per heavy atom. The fourth-order valence-electron chi connectivity index (χ4n) is 2.68. The molecular weight excluding hydrogens is 338 g/mol. The van der Waals surface area contributed by atoms with Crippen molar-refractivity contribution >= 4 is 28.9 Å². The summed E-state index contributed by atoms with van der Waals surface area (Å²) >= 11 is 0. The fraction of sp³-hybridized carbons (Fsp3) is 0.136. The Morgan fingerprint density at radius 1 is 0.926 bits per heavy atom. The number of aromatic nitrogens is 1. The van der Waals surface area contributed by atoms with Gasteiger partial charge in [0.15, 0.2) is 5.78 Å². The van der Waals surface area contributed by atoms with Gasteiger partial charge in [0.25, 0.3) is 5.91 Å². The van der Waals surface area contributed by atoms with E-state index in [1.165, 1.54) is 12.5 Å². The highest BCUT2D eigenvalue weighted by Gasteiger charge is 2.10. The van der Waals surface area contributed by atoms with E-state index in [9.17, 15) is 9.59 Å². The molecule has 27 heavy (non-hydrogen) atoms. The number of benzene rings is 2. The van der Waals surface area contributed by atoms with Gasteiger partial charge in [0.2, 0.25) is 0 Å². The maximum atomic E-state index is 12.6. The van der Waals surface area contributed by atoms with Crippen LogP contribution < -0.4 is 10.6 Å². The fourth-order valence-corrected chi connectivity index (χ4v) is 2.68. The van der Waals surface area contributed by atoms with E-state index in [-0.39, 0.29) is 11.7 Å². The number of aryl methyl sites for hydroxylation is 1. The number of nitrogens with one attached hydrogen (secondary N) is 2. The minimum Gasteiger partial charge on any atom is -0.340 e. The average molecular weight is 359 g/mol. The Hall–Kier alpha value is -3.47. The number of amides is 1. The van der Waals surface area contributed by atoms with Gasteiger partial charge in [-0.2, -0.15) is 0 Å². The van der Waals surface area contributed by atoms with Crippen LogP contribution in [0.3, 0.4) is 0 Å². The number of carbonyl (C=O) groups is 2. The van der Waals surface area contributed by atoms with Crippen molar-refractivity contribution in [3.05, 3.63) is 83.0 Å². The number of carbonyl (C=O) groups excluding carboxylic acids is 2. The molecule has 136 valence electrons. The average Bonchev–Trinajstić information content (AvgIpc) is 2.66. The Labute approximate surface area is 158 Å². The molecule has 1 aromatic heterocycles. The molecule has 5 nitrogen and oxygen atoms in total. The lowest BCUT2D eigenvalue weighted by Gasteiger charge is -2.12. The van der Waals surface area contributed by atoms with Crippen molar-refractivity contribution in [2.24, 2.45) is 0 Å².